The van der Waals surface area contributed by atoms with Gasteiger partial charge in [-0.25, -0.2) is 0 Å². The number of hydrogen-bond donors (Lipinski definition) is 1. The number of halogens is 1. The quantitative estimate of drug-likeness (QED) is 0.724. The summed E-state index contributed by atoms with van der Waals surface area (Å²) in [4.78, 5) is 15.4. The molecule has 2 aliphatic rings. The minimum absolute atomic E-state index is 0.0438. The maximum Gasteiger partial charge on any atom is 0.251 e. The Bertz CT molecular complexity index is 1090. The number of nitrogens with one attached hydrogen (secondary N) is 1. The summed E-state index contributed by atoms with van der Waals surface area (Å²) in [7, 11) is 2.12. The smallest absolute Gasteiger partial charge is 0.251 e. The van der Waals surface area contributed by atoms with Gasteiger partial charge in [-0.2, -0.15) is 5.26 Å². The summed E-state index contributed by atoms with van der Waals surface area (Å²) in [5, 5.41) is 12.7. The molecule has 4 rings (SSSR count). The first-order chi connectivity index (χ1) is 15.0. The fourth-order valence-corrected chi connectivity index (χ4v) is 5.86. The number of hydrogen-bond acceptors (Lipinski definition) is 4. The maximum atomic E-state index is 13.1. The molecule has 0 radical (unpaired) electrons. The Morgan fingerprint density at radius 1 is 1.16 bits per heavy atom. The molecule has 32 heavy (non-hydrogen) atoms. The molecule has 6 heteroatoms. The van der Waals surface area contributed by atoms with Gasteiger partial charge in [-0.15, -0.1) is 0 Å². The fraction of sp³-hybridized carbons (Fsp3) is 0.462. The number of nitrogens with zero attached hydrogens (tertiary/aromatic N) is 2. The third kappa shape index (κ3) is 3.87. The zero-order valence-electron chi connectivity index (χ0n) is 19.3. The van der Waals surface area contributed by atoms with Crippen LogP contribution in [0.3, 0.4) is 0 Å². The van der Waals surface area contributed by atoms with Crippen LogP contribution in [0.5, 0.6) is 5.75 Å². The van der Waals surface area contributed by atoms with E-state index in [1.807, 2.05) is 12.1 Å². The number of likely N-dealkylation sites (N-methyl/N-ethyl adjacent to an activating group) is 1. The summed E-state index contributed by atoms with van der Waals surface area (Å²) in [6, 6.07) is 13.2. The molecule has 0 unspecified atom stereocenters. The van der Waals surface area contributed by atoms with Gasteiger partial charge in [0.25, 0.3) is 5.91 Å². The predicted octanol–water partition coefficient (Wildman–Crippen LogP) is 4.81. The predicted molar refractivity (Wildman–Crippen MR) is 126 cm³/mol. The number of nitriles is 1. The van der Waals surface area contributed by atoms with Crippen molar-refractivity contribution in [1.82, 2.24) is 10.2 Å². The third-order valence-corrected chi connectivity index (χ3v) is 7.41. The highest BCUT2D eigenvalue weighted by Crippen LogP contribution is 2.55. The molecule has 0 atom stereocenters. The first-order valence-corrected chi connectivity index (χ1v) is 11.4. The van der Waals surface area contributed by atoms with Crippen molar-refractivity contribution in [2.24, 2.45) is 10.8 Å². The van der Waals surface area contributed by atoms with Crippen LogP contribution < -0.4 is 10.1 Å². The van der Waals surface area contributed by atoms with Crippen molar-refractivity contribution in [2.45, 2.75) is 52.8 Å². The van der Waals surface area contributed by atoms with Crippen LogP contribution in [0.4, 0.5) is 0 Å². The molecule has 1 aliphatic heterocycles. The molecule has 0 saturated heterocycles. The molecule has 1 amide bonds. The van der Waals surface area contributed by atoms with E-state index >= 15 is 0 Å². The number of rotatable bonds is 4. The molecular formula is C26H30ClN3O2. The zero-order chi connectivity index (χ0) is 23.3. The van der Waals surface area contributed by atoms with Crippen molar-refractivity contribution >= 4 is 17.5 Å². The summed E-state index contributed by atoms with van der Waals surface area (Å²) < 4.78 is 6.31. The molecule has 2 aromatic rings. The van der Waals surface area contributed by atoms with Crippen LogP contribution >= 0.6 is 11.6 Å². The van der Waals surface area contributed by atoms with Gasteiger partial charge < -0.3 is 15.0 Å². The monoisotopic (exact) mass is 451 g/mol. The summed E-state index contributed by atoms with van der Waals surface area (Å²) in [5.74, 6) is 0.585. The molecule has 1 fully saturated rings. The van der Waals surface area contributed by atoms with Crippen LogP contribution in [0.25, 0.3) is 0 Å². The fourth-order valence-electron chi connectivity index (χ4n) is 5.65. The number of carbonyl (C=O) groups excluding carboxylic acids is 1. The summed E-state index contributed by atoms with van der Waals surface area (Å²) in [6.07, 6.45) is 0.847. The Morgan fingerprint density at radius 2 is 1.88 bits per heavy atom. The van der Waals surface area contributed by atoms with Crippen molar-refractivity contribution < 1.29 is 9.53 Å². The van der Waals surface area contributed by atoms with E-state index in [9.17, 15) is 4.79 Å². The molecule has 0 spiro atoms. The zero-order valence-corrected chi connectivity index (χ0v) is 20.1. The van der Waals surface area contributed by atoms with Crippen molar-refractivity contribution in [2.75, 3.05) is 13.6 Å². The lowest BCUT2D eigenvalue weighted by Crippen LogP contribution is -2.74. The SMILES string of the molecule is CN1CCc2cc(C(=O)N[C@H]3C(C)(C)[C@H](Oc4ccc(C#N)c(Cl)c4)C3(C)C)ccc2C1. The molecular weight excluding hydrogens is 422 g/mol. The van der Waals surface area contributed by atoms with E-state index in [1.54, 1.807) is 18.2 Å². The van der Waals surface area contributed by atoms with E-state index < -0.39 is 0 Å². The standard InChI is InChI=1S/C26H30ClN3O2/c1-25(2)23(26(3,4)24(25)32-20-9-8-18(14-28)21(27)13-20)29-22(31)17-6-7-19-15-30(5)11-10-16(19)12-17/h6-9,12-13,23-24H,10-11,15H2,1-5H3,(H,29,31)/t23-,24-. The molecule has 1 N–H and O–H groups in total. The van der Waals surface area contributed by atoms with Crippen LogP contribution in [-0.4, -0.2) is 36.5 Å². The second-order valence-electron chi connectivity index (χ2n) is 10.3. The van der Waals surface area contributed by atoms with E-state index in [0.29, 0.717) is 21.9 Å². The van der Waals surface area contributed by atoms with Crippen molar-refractivity contribution in [3.8, 4) is 11.8 Å². The minimum Gasteiger partial charge on any atom is -0.489 e. The molecule has 168 valence electrons. The van der Waals surface area contributed by atoms with E-state index in [4.69, 9.17) is 21.6 Å². The summed E-state index contributed by atoms with van der Waals surface area (Å²) in [5.41, 5.74) is 3.14. The van der Waals surface area contributed by atoms with Gasteiger partial charge >= 0.3 is 0 Å². The lowest BCUT2D eigenvalue weighted by Gasteiger charge is -2.63. The Morgan fingerprint density at radius 3 is 2.53 bits per heavy atom. The highest BCUT2D eigenvalue weighted by Gasteiger charge is 2.64. The third-order valence-electron chi connectivity index (χ3n) is 7.10. The minimum atomic E-state index is -0.281. The molecule has 2 aromatic carbocycles. The van der Waals surface area contributed by atoms with Gasteiger partial charge in [0.2, 0.25) is 0 Å². The highest BCUT2D eigenvalue weighted by molar-refractivity contribution is 6.31. The number of benzene rings is 2. The molecule has 1 heterocycles. The second-order valence-corrected chi connectivity index (χ2v) is 10.7. The molecule has 0 aromatic heterocycles. The molecule has 1 aliphatic carbocycles. The number of ether oxygens (including phenoxy) is 1. The van der Waals surface area contributed by atoms with Gasteiger partial charge in [0, 0.05) is 41.6 Å². The van der Waals surface area contributed by atoms with Crippen LogP contribution in [0.15, 0.2) is 36.4 Å². The van der Waals surface area contributed by atoms with Crippen molar-refractivity contribution in [3.63, 3.8) is 0 Å². The number of carbonyl (C=O) groups is 1. The van der Waals surface area contributed by atoms with E-state index in [2.05, 4.69) is 57.1 Å². The first kappa shape index (κ1) is 22.6. The Labute approximate surface area is 195 Å². The Hall–Kier alpha value is -2.55. The van der Waals surface area contributed by atoms with Gasteiger partial charge in [-0.05, 0) is 48.9 Å². The van der Waals surface area contributed by atoms with Gasteiger partial charge in [-0.3, -0.25) is 4.79 Å². The lowest BCUT2D eigenvalue weighted by atomic mass is 9.49. The molecule has 1 saturated carbocycles. The van der Waals surface area contributed by atoms with Crippen LogP contribution in [0.2, 0.25) is 5.02 Å². The van der Waals surface area contributed by atoms with Crippen molar-refractivity contribution in [1.29, 1.82) is 5.26 Å². The average molecular weight is 452 g/mol. The summed E-state index contributed by atoms with van der Waals surface area (Å²) >= 11 is 6.18. The second kappa shape index (κ2) is 8.10. The first-order valence-electron chi connectivity index (χ1n) is 11.0. The van der Waals surface area contributed by atoms with E-state index in [0.717, 1.165) is 19.5 Å². The van der Waals surface area contributed by atoms with Crippen molar-refractivity contribution in [3.05, 3.63) is 63.7 Å². The van der Waals surface area contributed by atoms with Crippen LogP contribution in [0, 0.1) is 22.2 Å². The van der Waals surface area contributed by atoms with E-state index in [1.165, 1.54) is 11.1 Å². The van der Waals surface area contributed by atoms with Gasteiger partial charge in [0.05, 0.1) is 10.6 Å². The normalized spacial score (nSPS) is 23.4. The number of amides is 1. The van der Waals surface area contributed by atoms with Gasteiger partial charge in [0.15, 0.2) is 0 Å². The maximum absolute atomic E-state index is 13.1. The Kier molecular flexibility index (Phi) is 5.73. The topological polar surface area (TPSA) is 65.4 Å². The Balaban J connectivity index is 1.49. The van der Waals surface area contributed by atoms with E-state index in [-0.39, 0.29) is 28.9 Å². The van der Waals surface area contributed by atoms with Crippen LogP contribution in [0.1, 0.15) is 54.7 Å². The lowest BCUT2D eigenvalue weighted by molar-refractivity contribution is -0.164. The summed E-state index contributed by atoms with van der Waals surface area (Å²) in [6.45, 7) is 10.4. The number of fused-ring (bicyclic) bond motifs is 1. The average Bonchev–Trinajstić information content (AvgIpc) is 2.75. The highest BCUT2D eigenvalue weighted by atomic mass is 35.5. The molecule has 0 bridgehead atoms. The van der Waals surface area contributed by atoms with Crippen LogP contribution in [-0.2, 0) is 13.0 Å². The van der Waals surface area contributed by atoms with Gasteiger partial charge in [0.1, 0.15) is 17.9 Å². The largest absolute Gasteiger partial charge is 0.489 e. The molecule has 5 nitrogen and oxygen atoms in total. The van der Waals surface area contributed by atoms with Gasteiger partial charge in [-0.1, -0.05) is 45.4 Å².